The summed E-state index contributed by atoms with van der Waals surface area (Å²) in [6.45, 7) is 4.42. The van der Waals surface area contributed by atoms with Gasteiger partial charge in [-0.1, -0.05) is 0 Å². The Kier molecular flexibility index (Phi) is 7.38. The minimum Gasteiger partial charge on any atom is -0.377 e. The van der Waals surface area contributed by atoms with Crippen LogP contribution in [0.5, 0.6) is 0 Å². The summed E-state index contributed by atoms with van der Waals surface area (Å²) in [6.07, 6.45) is 0.833. The van der Waals surface area contributed by atoms with Crippen LogP contribution in [0.2, 0.25) is 0 Å². The summed E-state index contributed by atoms with van der Waals surface area (Å²) < 4.78 is 9.89. The lowest BCUT2D eigenvalue weighted by molar-refractivity contribution is -0.114. The zero-order valence-electron chi connectivity index (χ0n) is 7.02. The van der Waals surface area contributed by atoms with Gasteiger partial charge in [-0.3, -0.25) is 4.79 Å². The molecule has 0 unspecified atom stereocenters. The fraction of sp³-hybridized carbons (Fsp3) is 0.714. The average Bonchev–Trinajstić information content (AvgIpc) is 2.08. The van der Waals surface area contributed by atoms with Crippen LogP contribution < -0.4 is 0 Å². The number of ketones is 1. The highest BCUT2D eigenvalue weighted by Crippen LogP contribution is 1.85. The molecule has 0 aliphatic carbocycles. The summed E-state index contributed by atoms with van der Waals surface area (Å²) >= 11 is 0. The van der Waals surface area contributed by atoms with Crippen LogP contribution in [-0.2, 0) is 14.3 Å². The fourth-order valence-electron chi connectivity index (χ4n) is 0.521. The lowest BCUT2D eigenvalue weighted by Crippen LogP contribution is -2.16. The molecule has 12 heavy (non-hydrogen) atoms. The van der Waals surface area contributed by atoms with Crippen LogP contribution in [0.4, 0.5) is 0 Å². The van der Waals surface area contributed by atoms with Crippen molar-refractivity contribution in [3.63, 3.8) is 0 Å². The number of nitrogens with zero attached hydrogens (tertiary/aromatic N) is 2. The molecule has 68 valence electrons. The third-order valence-corrected chi connectivity index (χ3v) is 0.984. The van der Waals surface area contributed by atoms with Gasteiger partial charge in [0.1, 0.15) is 0 Å². The lowest BCUT2D eigenvalue weighted by atomic mass is 10.5. The van der Waals surface area contributed by atoms with E-state index in [0.29, 0.717) is 0 Å². The lowest BCUT2D eigenvalue weighted by Gasteiger charge is -2.09. The average molecular weight is 172 g/mol. The molecule has 1 aliphatic heterocycles. The molecular formula is C7H12N2O3. The summed E-state index contributed by atoms with van der Waals surface area (Å²) in [7, 11) is 0. The first kappa shape index (κ1) is 11.0. The van der Waals surface area contributed by atoms with Crippen LogP contribution in [0.1, 0.15) is 6.92 Å². The first-order valence-electron chi connectivity index (χ1n) is 3.61. The number of carbonyl (C=O) groups is 1. The second-order valence-electron chi connectivity index (χ2n) is 2.08. The molecule has 0 radical (unpaired) electrons. The molecule has 0 aromatic rings. The van der Waals surface area contributed by atoms with Gasteiger partial charge in [0.05, 0.1) is 26.4 Å². The van der Waals surface area contributed by atoms with Gasteiger partial charge in [0.25, 0.3) is 0 Å². The number of hydrogen-bond acceptors (Lipinski definition) is 3. The third-order valence-electron chi connectivity index (χ3n) is 0.984. The number of Topliss-reactive ketones (excluding diaryl/α,β-unsaturated/α-hetero) is 1. The first-order valence-corrected chi connectivity index (χ1v) is 3.61. The molecule has 5 heteroatoms. The Morgan fingerprint density at radius 2 is 1.75 bits per heavy atom. The Balaban J connectivity index is 0.000000202. The Labute approximate surface area is 70.9 Å². The van der Waals surface area contributed by atoms with Crippen LogP contribution >= 0.6 is 0 Å². The van der Waals surface area contributed by atoms with Crippen LogP contribution in [0.3, 0.4) is 0 Å². The van der Waals surface area contributed by atoms with Gasteiger partial charge < -0.3 is 15.0 Å². The number of ether oxygens (including phenoxy) is 2. The van der Waals surface area contributed by atoms with Crippen molar-refractivity contribution in [2.45, 2.75) is 6.92 Å². The number of carbonyl (C=O) groups excluding carboxylic acids is 1. The van der Waals surface area contributed by atoms with Gasteiger partial charge in [-0.2, -0.15) is 4.79 Å². The summed E-state index contributed by atoms with van der Waals surface area (Å²) in [5.41, 5.74) is 7.59. The van der Waals surface area contributed by atoms with Crippen molar-refractivity contribution in [3.8, 4) is 0 Å². The largest absolute Gasteiger partial charge is 0.377 e. The smallest absolute Gasteiger partial charge is 0.322 e. The SMILES string of the molecule is C1COCCO1.CC(=O)C=[N+]=[N-]. The molecule has 1 fully saturated rings. The summed E-state index contributed by atoms with van der Waals surface area (Å²) in [5.74, 6) is -0.252. The van der Waals surface area contributed by atoms with Crippen molar-refractivity contribution < 1.29 is 19.1 Å². The first-order chi connectivity index (χ1) is 5.77. The number of rotatable bonds is 1. The van der Waals surface area contributed by atoms with Gasteiger partial charge in [0.2, 0.25) is 5.78 Å². The minimum absolute atomic E-state index is 0.252. The van der Waals surface area contributed by atoms with Crippen LogP contribution in [0.25, 0.3) is 5.53 Å². The molecular weight excluding hydrogens is 160 g/mol. The predicted molar refractivity (Wildman–Crippen MR) is 42.0 cm³/mol. The highest BCUT2D eigenvalue weighted by Gasteiger charge is 1.94. The van der Waals surface area contributed by atoms with Crippen LogP contribution in [-0.4, -0.2) is 43.2 Å². The Morgan fingerprint density at radius 1 is 1.33 bits per heavy atom. The Morgan fingerprint density at radius 3 is 1.83 bits per heavy atom. The van der Waals surface area contributed by atoms with Crippen molar-refractivity contribution >= 4 is 12.0 Å². The Bertz CT molecular complexity index is 160. The van der Waals surface area contributed by atoms with Crippen LogP contribution in [0, 0.1) is 0 Å². The van der Waals surface area contributed by atoms with Gasteiger partial charge in [-0.15, -0.1) is 0 Å². The Hall–Kier alpha value is -1.03. The summed E-state index contributed by atoms with van der Waals surface area (Å²) in [4.78, 5) is 12.2. The van der Waals surface area contributed by atoms with E-state index in [1.165, 1.54) is 6.92 Å². The molecule has 0 bridgehead atoms. The molecule has 0 aromatic heterocycles. The van der Waals surface area contributed by atoms with Gasteiger partial charge in [0.15, 0.2) is 0 Å². The molecule has 1 saturated heterocycles. The minimum atomic E-state index is -0.252. The number of hydrogen-bond donors (Lipinski definition) is 0. The second-order valence-corrected chi connectivity index (χ2v) is 2.08. The van der Waals surface area contributed by atoms with E-state index in [1.807, 2.05) is 0 Å². The van der Waals surface area contributed by atoms with E-state index in [2.05, 4.69) is 4.79 Å². The molecule has 1 aliphatic rings. The van der Waals surface area contributed by atoms with E-state index in [1.54, 1.807) is 0 Å². The quantitative estimate of drug-likeness (QED) is 0.315. The van der Waals surface area contributed by atoms with E-state index in [0.717, 1.165) is 32.6 Å². The molecule has 1 heterocycles. The zero-order valence-corrected chi connectivity index (χ0v) is 7.02. The van der Waals surface area contributed by atoms with Crippen LogP contribution in [0.15, 0.2) is 0 Å². The van der Waals surface area contributed by atoms with E-state index in [-0.39, 0.29) is 5.78 Å². The standard InChI is InChI=1S/C4H8O2.C3H4N2O/c1-2-6-4-3-5-1;1-3(6)2-5-4/h1-4H2;2H,1H3. The summed E-state index contributed by atoms with van der Waals surface area (Å²) in [5, 5.41) is 0. The maximum atomic E-state index is 9.73. The molecule has 5 nitrogen and oxygen atoms in total. The van der Waals surface area contributed by atoms with E-state index >= 15 is 0 Å². The molecule has 0 saturated carbocycles. The fourth-order valence-corrected chi connectivity index (χ4v) is 0.521. The van der Waals surface area contributed by atoms with Crippen molar-refractivity contribution in [1.82, 2.24) is 0 Å². The zero-order chi connectivity index (χ0) is 9.23. The van der Waals surface area contributed by atoms with Gasteiger partial charge >= 0.3 is 6.21 Å². The van der Waals surface area contributed by atoms with E-state index in [4.69, 9.17) is 15.0 Å². The van der Waals surface area contributed by atoms with Crippen molar-refractivity contribution in [1.29, 1.82) is 0 Å². The van der Waals surface area contributed by atoms with Gasteiger partial charge in [-0.25, -0.2) is 0 Å². The normalized spacial score (nSPS) is 15.1. The highest BCUT2D eigenvalue weighted by molar-refractivity contribution is 6.23. The molecule has 0 spiro atoms. The predicted octanol–water partition coefficient (Wildman–Crippen LogP) is -0.0908. The van der Waals surface area contributed by atoms with Crippen molar-refractivity contribution in [3.05, 3.63) is 5.53 Å². The van der Waals surface area contributed by atoms with E-state index in [9.17, 15) is 4.79 Å². The molecule has 0 aromatic carbocycles. The van der Waals surface area contributed by atoms with Crippen molar-refractivity contribution in [2.75, 3.05) is 26.4 Å². The molecule has 0 atom stereocenters. The monoisotopic (exact) mass is 172 g/mol. The van der Waals surface area contributed by atoms with Crippen molar-refractivity contribution in [2.24, 2.45) is 0 Å². The highest BCUT2D eigenvalue weighted by atomic mass is 16.6. The van der Waals surface area contributed by atoms with E-state index < -0.39 is 0 Å². The topological polar surface area (TPSA) is 71.9 Å². The molecule has 1 rings (SSSR count). The molecule has 0 amide bonds. The third kappa shape index (κ3) is 8.97. The van der Waals surface area contributed by atoms with Gasteiger partial charge in [-0.05, 0) is 0 Å². The second kappa shape index (κ2) is 8.07. The summed E-state index contributed by atoms with van der Waals surface area (Å²) in [6, 6.07) is 0. The maximum Gasteiger partial charge on any atom is 0.322 e. The van der Waals surface area contributed by atoms with Gasteiger partial charge in [0, 0.05) is 6.92 Å². The molecule has 0 N–H and O–H groups in total. The maximum absolute atomic E-state index is 9.73.